The van der Waals surface area contributed by atoms with E-state index < -0.39 is 0 Å². The molecule has 0 unspecified atom stereocenters. The van der Waals surface area contributed by atoms with Crippen LogP contribution in [0.3, 0.4) is 0 Å². The molecular weight excluding hydrogens is 216 g/mol. The molecule has 0 bridgehead atoms. The molecule has 5 heteroatoms. The minimum absolute atomic E-state index is 0.0506. The summed E-state index contributed by atoms with van der Waals surface area (Å²) in [6.07, 6.45) is 0.785. The van der Waals surface area contributed by atoms with Crippen LogP contribution >= 0.6 is 0 Å². The Morgan fingerprint density at radius 2 is 1.88 bits per heavy atom. The normalized spacial score (nSPS) is 11.4. The molecule has 1 rings (SSSR count). The molecule has 0 amide bonds. The van der Waals surface area contributed by atoms with Crippen molar-refractivity contribution in [1.29, 1.82) is 0 Å². The van der Waals surface area contributed by atoms with Gasteiger partial charge in [0, 0.05) is 19.0 Å². The Kier molecular flexibility index (Phi) is 4.69. The quantitative estimate of drug-likeness (QED) is 0.703. The lowest BCUT2D eigenvalue weighted by atomic mass is 10.1. The lowest BCUT2D eigenvalue weighted by Gasteiger charge is -2.24. The number of hydrogen-bond acceptors (Lipinski definition) is 5. The van der Waals surface area contributed by atoms with Gasteiger partial charge >= 0.3 is 0 Å². The number of rotatable bonds is 6. The molecule has 0 fully saturated rings. The Hall–Kier alpha value is -1.36. The van der Waals surface area contributed by atoms with E-state index in [0.29, 0.717) is 0 Å². The van der Waals surface area contributed by atoms with Gasteiger partial charge in [-0.05, 0) is 20.8 Å². The molecule has 0 saturated heterocycles. The smallest absolute Gasteiger partial charge is 0.132 e. The number of aryl methyl sites for hydroxylation is 1. The third-order valence-electron chi connectivity index (χ3n) is 2.31. The van der Waals surface area contributed by atoms with Crippen molar-refractivity contribution in [3.05, 3.63) is 11.9 Å². The molecule has 17 heavy (non-hydrogen) atoms. The highest BCUT2D eigenvalue weighted by molar-refractivity contribution is 5.48. The molecule has 0 aliphatic carbocycles. The summed E-state index contributed by atoms with van der Waals surface area (Å²) >= 11 is 0. The fourth-order valence-electron chi connectivity index (χ4n) is 1.38. The minimum atomic E-state index is -0.386. The second kappa shape index (κ2) is 5.82. The van der Waals surface area contributed by atoms with Gasteiger partial charge in [-0.2, -0.15) is 0 Å². The first-order chi connectivity index (χ1) is 8.00. The SMILES string of the molecule is CCNc1cc(NC(C)(C)CO)nc(CC)n1. The van der Waals surface area contributed by atoms with Gasteiger partial charge in [-0.1, -0.05) is 6.92 Å². The van der Waals surface area contributed by atoms with Gasteiger partial charge in [-0.3, -0.25) is 0 Å². The highest BCUT2D eigenvalue weighted by Gasteiger charge is 2.17. The van der Waals surface area contributed by atoms with Gasteiger partial charge < -0.3 is 15.7 Å². The number of nitrogens with one attached hydrogen (secondary N) is 2. The molecule has 1 aromatic rings. The molecule has 0 radical (unpaired) electrons. The Labute approximate surface area is 103 Å². The fraction of sp³-hybridized carbons (Fsp3) is 0.667. The van der Waals surface area contributed by atoms with Crippen molar-refractivity contribution in [3.63, 3.8) is 0 Å². The molecule has 1 aromatic heterocycles. The predicted octanol–water partition coefficient (Wildman–Crippen LogP) is 1.65. The molecule has 0 spiro atoms. The second-order valence-electron chi connectivity index (χ2n) is 4.61. The van der Waals surface area contributed by atoms with E-state index in [1.165, 1.54) is 0 Å². The lowest BCUT2D eigenvalue weighted by molar-refractivity contribution is 0.234. The van der Waals surface area contributed by atoms with E-state index in [4.69, 9.17) is 0 Å². The highest BCUT2D eigenvalue weighted by Crippen LogP contribution is 2.16. The maximum atomic E-state index is 9.23. The summed E-state index contributed by atoms with van der Waals surface area (Å²) in [7, 11) is 0. The average molecular weight is 238 g/mol. The third kappa shape index (κ3) is 4.19. The number of hydrogen-bond donors (Lipinski definition) is 3. The Morgan fingerprint density at radius 1 is 1.24 bits per heavy atom. The van der Waals surface area contributed by atoms with Gasteiger partial charge in [-0.25, -0.2) is 9.97 Å². The number of anilines is 2. The minimum Gasteiger partial charge on any atom is -0.394 e. The van der Waals surface area contributed by atoms with E-state index in [9.17, 15) is 5.11 Å². The first-order valence-corrected chi connectivity index (χ1v) is 6.01. The van der Waals surface area contributed by atoms with Crippen LogP contribution in [-0.2, 0) is 6.42 Å². The summed E-state index contributed by atoms with van der Waals surface area (Å²) in [5.74, 6) is 2.35. The van der Waals surface area contributed by atoms with E-state index in [1.807, 2.05) is 33.8 Å². The van der Waals surface area contributed by atoms with Crippen LogP contribution in [0.1, 0.15) is 33.5 Å². The van der Waals surface area contributed by atoms with Gasteiger partial charge in [0.1, 0.15) is 17.5 Å². The van der Waals surface area contributed by atoms with Crippen molar-refractivity contribution in [2.24, 2.45) is 0 Å². The van der Waals surface area contributed by atoms with Crippen molar-refractivity contribution < 1.29 is 5.11 Å². The molecule has 5 nitrogen and oxygen atoms in total. The Morgan fingerprint density at radius 3 is 2.41 bits per heavy atom. The van der Waals surface area contributed by atoms with Crippen LogP contribution in [0.15, 0.2) is 6.07 Å². The molecule has 1 heterocycles. The van der Waals surface area contributed by atoms with E-state index in [1.54, 1.807) is 0 Å². The zero-order valence-electron chi connectivity index (χ0n) is 11.0. The molecule has 0 atom stereocenters. The summed E-state index contributed by atoms with van der Waals surface area (Å²) in [6.45, 7) is 8.77. The molecule has 3 N–H and O–H groups in total. The third-order valence-corrected chi connectivity index (χ3v) is 2.31. The molecule has 0 aromatic carbocycles. The number of nitrogens with zero attached hydrogens (tertiary/aromatic N) is 2. The average Bonchev–Trinajstić information content (AvgIpc) is 2.28. The summed E-state index contributed by atoms with van der Waals surface area (Å²) in [5, 5.41) is 15.6. The Balaban J connectivity index is 2.94. The van der Waals surface area contributed by atoms with Crippen LogP contribution in [0.4, 0.5) is 11.6 Å². The van der Waals surface area contributed by atoms with Crippen molar-refractivity contribution in [2.75, 3.05) is 23.8 Å². The summed E-state index contributed by atoms with van der Waals surface area (Å²) in [4.78, 5) is 8.77. The van der Waals surface area contributed by atoms with Crippen molar-refractivity contribution in [2.45, 2.75) is 39.7 Å². The zero-order chi connectivity index (χ0) is 12.9. The topological polar surface area (TPSA) is 70.1 Å². The molecule has 0 saturated carbocycles. The number of aliphatic hydroxyl groups is 1. The molecule has 0 aliphatic rings. The molecule has 0 aliphatic heterocycles. The maximum absolute atomic E-state index is 9.23. The first kappa shape index (κ1) is 13.7. The van der Waals surface area contributed by atoms with Crippen LogP contribution in [0, 0.1) is 0 Å². The van der Waals surface area contributed by atoms with Gasteiger partial charge in [0.05, 0.1) is 12.1 Å². The summed E-state index contributed by atoms with van der Waals surface area (Å²) in [5.41, 5.74) is -0.386. The van der Waals surface area contributed by atoms with Crippen LogP contribution in [-0.4, -0.2) is 33.8 Å². The first-order valence-electron chi connectivity index (χ1n) is 6.01. The lowest BCUT2D eigenvalue weighted by Crippen LogP contribution is -2.35. The van der Waals surface area contributed by atoms with Crippen LogP contribution in [0.25, 0.3) is 0 Å². The maximum Gasteiger partial charge on any atom is 0.132 e. The van der Waals surface area contributed by atoms with Crippen LogP contribution in [0.2, 0.25) is 0 Å². The van der Waals surface area contributed by atoms with Gasteiger partial charge in [0.15, 0.2) is 0 Å². The van der Waals surface area contributed by atoms with Crippen molar-refractivity contribution in [1.82, 2.24) is 9.97 Å². The fourth-order valence-corrected chi connectivity index (χ4v) is 1.38. The van der Waals surface area contributed by atoms with E-state index >= 15 is 0 Å². The van der Waals surface area contributed by atoms with Gasteiger partial charge in [-0.15, -0.1) is 0 Å². The van der Waals surface area contributed by atoms with Crippen molar-refractivity contribution in [3.8, 4) is 0 Å². The van der Waals surface area contributed by atoms with E-state index in [2.05, 4.69) is 20.6 Å². The molecule has 96 valence electrons. The second-order valence-corrected chi connectivity index (χ2v) is 4.61. The van der Waals surface area contributed by atoms with Crippen molar-refractivity contribution >= 4 is 11.6 Å². The van der Waals surface area contributed by atoms with E-state index in [-0.39, 0.29) is 12.1 Å². The molecular formula is C12H22N4O. The number of aliphatic hydroxyl groups excluding tert-OH is 1. The zero-order valence-corrected chi connectivity index (χ0v) is 11.0. The standard InChI is InChI=1S/C12H22N4O/c1-5-9-14-10(13-6-2)7-11(15-9)16-12(3,4)8-17/h7,17H,5-6,8H2,1-4H3,(H2,13,14,15,16). The largest absolute Gasteiger partial charge is 0.394 e. The summed E-state index contributed by atoms with van der Waals surface area (Å²) < 4.78 is 0. The monoisotopic (exact) mass is 238 g/mol. The highest BCUT2D eigenvalue weighted by atomic mass is 16.3. The van der Waals surface area contributed by atoms with Crippen LogP contribution < -0.4 is 10.6 Å². The van der Waals surface area contributed by atoms with Crippen LogP contribution in [0.5, 0.6) is 0 Å². The van der Waals surface area contributed by atoms with E-state index in [0.717, 1.165) is 30.4 Å². The number of aromatic nitrogens is 2. The summed E-state index contributed by atoms with van der Waals surface area (Å²) in [6, 6.07) is 1.86. The van der Waals surface area contributed by atoms with Gasteiger partial charge in [0.25, 0.3) is 0 Å². The van der Waals surface area contributed by atoms with Gasteiger partial charge in [0.2, 0.25) is 0 Å². The Bertz CT molecular complexity index is 366. The predicted molar refractivity (Wildman–Crippen MR) is 70.4 cm³/mol.